The molecular formula is C15H16N4O. The van der Waals surface area contributed by atoms with Crippen LogP contribution in [0.25, 0.3) is 0 Å². The Balaban J connectivity index is 2.34. The fourth-order valence-electron chi connectivity index (χ4n) is 2.13. The van der Waals surface area contributed by atoms with E-state index < -0.39 is 0 Å². The molecule has 0 radical (unpaired) electrons. The number of ketones is 1. The standard InChI is InChI=1S/C15H16N4O/c1-11(20)14-5-4-12(7-16)6-15(14)18(2)9-13-8-17-19(3)10-13/h4-6,8,10H,9H2,1-3H3. The van der Waals surface area contributed by atoms with Crippen LogP contribution in [0.3, 0.4) is 0 Å². The van der Waals surface area contributed by atoms with Gasteiger partial charge in [-0.1, -0.05) is 0 Å². The van der Waals surface area contributed by atoms with Crippen molar-refractivity contribution in [1.29, 1.82) is 5.26 Å². The number of Topliss-reactive ketones (excluding diaryl/α,β-unsaturated/α-hetero) is 1. The number of carbonyl (C=O) groups is 1. The first-order chi connectivity index (χ1) is 9.51. The number of carbonyl (C=O) groups excluding carboxylic acids is 1. The van der Waals surface area contributed by atoms with Crippen LogP contribution in [0.2, 0.25) is 0 Å². The maximum atomic E-state index is 11.7. The molecule has 1 aromatic carbocycles. The Bertz CT molecular complexity index is 681. The van der Waals surface area contributed by atoms with Gasteiger partial charge in [-0.05, 0) is 25.1 Å². The lowest BCUT2D eigenvalue weighted by molar-refractivity contribution is 0.101. The highest BCUT2D eigenvalue weighted by atomic mass is 16.1. The predicted molar refractivity (Wildman–Crippen MR) is 76.5 cm³/mol. The Morgan fingerprint density at radius 2 is 2.25 bits per heavy atom. The van der Waals surface area contributed by atoms with Gasteiger partial charge in [0.1, 0.15) is 0 Å². The minimum absolute atomic E-state index is 0.0115. The summed E-state index contributed by atoms with van der Waals surface area (Å²) in [4.78, 5) is 13.7. The molecule has 102 valence electrons. The molecule has 0 saturated heterocycles. The summed E-state index contributed by atoms with van der Waals surface area (Å²) >= 11 is 0. The number of hydrogen-bond donors (Lipinski definition) is 0. The molecule has 0 aliphatic rings. The van der Waals surface area contributed by atoms with E-state index in [9.17, 15) is 4.79 Å². The van der Waals surface area contributed by atoms with Crippen molar-refractivity contribution in [1.82, 2.24) is 9.78 Å². The highest BCUT2D eigenvalue weighted by molar-refractivity contribution is 5.99. The Labute approximate surface area is 118 Å². The first-order valence-corrected chi connectivity index (χ1v) is 6.25. The van der Waals surface area contributed by atoms with Crippen LogP contribution in [-0.4, -0.2) is 22.6 Å². The van der Waals surface area contributed by atoms with Crippen molar-refractivity contribution in [3.63, 3.8) is 0 Å². The van der Waals surface area contributed by atoms with E-state index in [0.717, 1.165) is 11.3 Å². The predicted octanol–water partition coefficient (Wildman–Crippen LogP) is 2.13. The third-order valence-corrected chi connectivity index (χ3v) is 3.10. The summed E-state index contributed by atoms with van der Waals surface area (Å²) in [6.45, 7) is 2.16. The van der Waals surface area contributed by atoms with Crippen molar-refractivity contribution in [3.05, 3.63) is 47.3 Å². The van der Waals surface area contributed by atoms with E-state index in [0.29, 0.717) is 17.7 Å². The fraction of sp³-hybridized carbons (Fsp3) is 0.267. The van der Waals surface area contributed by atoms with Crippen LogP contribution in [-0.2, 0) is 13.6 Å². The summed E-state index contributed by atoms with van der Waals surface area (Å²) in [7, 11) is 3.76. The van der Waals surface area contributed by atoms with Crippen LogP contribution in [0.1, 0.15) is 28.4 Å². The Morgan fingerprint density at radius 3 is 2.80 bits per heavy atom. The van der Waals surface area contributed by atoms with Gasteiger partial charge in [-0.25, -0.2) is 0 Å². The van der Waals surface area contributed by atoms with E-state index in [1.54, 1.807) is 29.1 Å². The Morgan fingerprint density at radius 1 is 1.50 bits per heavy atom. The maximum Gasteiger partial charge on any atom is 0.161 e. The van der Waals surface area contributed by atoms with Crippen molar-refractivity contribution in [3.8, 4) is 6.07 Å². The van der Waals surface area contributed by atoms with Crippen LogP contribution in [0.15, 0.2) is 30.6 Å². The number of rotatable bonds is 4. The molecule has 1 aromatic heterocycles. The van der Waals surface area contributed by atoms with E-state index in [1.807, 2.05) is 25.2 Å². The van der Waals surface area contributed by atoms with E-state index >= 15 is 0 Å². The van der Waals surface area contributed by atoms with E-state index in [1.165, 1.54) is 6.92 Å². The van der Waals surface area contributed by atoms with Crippen molar-refractivity contribution in [2.24, 2.45) is 7.05 Å². The van der Waals surface area contributed by atoms with Gasteiger partial charge >= 0.3 is 0 Å². The topological polar surface area (TPSA) is 61.9 Å². The summed E-state index contributed by atoms with van der Waals surface area (Å²) in [6.07, 6.45) is 3.72. The number of aromatic nitrogens is 2. The number of nitriles is 1. The second-order valence-electron chi connectivity index (χ2n) is 4.78. The molecule has 1 heterocycles. The lowest BCUT2D eigenvalue weighted by Gasteiger charge is -2.21. The van der Waals surface area contributed by atoms with Gasteiger partial charge in [-0.15, -0.1) is 0 Å². The number of aryl methyl sites for hydroxylation is 1. The summed E-state index contributed by atoms with van der Waals surface area (Å²) in [5.41, 5.74) is 2.98. The molecular weight excluding hydrogens is 252 g/mol. The van der Waals surface area contributed by atoms with E-state index in [-0.39, 0.29) is 5.78 Å². The molecule has 5 nitrogen and oxygen atoms in total. The number of nitrogens with zero attached hydrogens (tertiary/aromatic N) is 4. The fourth-order valence-corrected chi connectivity index (χ4v) is 2.13. The molecule has 0 saturated carbocycles. The summed E-state index contributed by atoms with van der Waals surface area (Å²) < 4.78 is 1.74. The molecule has 2 rings (SSSR count). The highest BCUT2D eigenvalue weighted by Gasteiger charge is 2.13. The van der Waals surface area contributed by atoms with Gasteiger partial charge in [0.25, 0.3) is 0 Å². The summed E-state index contributed by atoms with van der Waals surface area (Å²) in [5.74, 6) is -0.0115. The largest absolute Gasteiger partial charge is 0.370 e. The molecule has 0 atom stereocenters. The second-order valence-corrected chi connectivity index (χ2v) is 4.78. The molecule has 2 aromatic rings. The summed E-state index contributed by atoms with van der Waals surface area (Å²) in [5, 5.41) is 13.1. The van der Waals surface area contributed by atoms with Gasteiger partial charge in [0.2, 0.25) is 0 Å². The lowest BCUT2D eigenvalue weighted by atomic mass is 10.1. The van der Waals surface area contributed by atoms with Gasteiger partial charge in [0.15, 0.2) is 5.78 Å². The van der Waals surface area contributed by atoms with E-state index in [4.69, 9.17) is 5.26 Å². The molecule has 0 N–H and O–H groups in total. The zero-order valence-electron chi connectivity index (χ0n) is 11.8. The first kappa shape index (κ1) is 13.8. The van der Waals surface area contributed by atoms with Crippen LogP contribution in [0.5, 0.6) is 0 Å². The third-order valence-electron chi connectivity index (χ3n) is 3.10. The lowest BCUT2D eigenvalue weighted by Crippen LogP contribution is -2.19. The van der Waals surface area contributed by atoms with E-state index in [2.05, 4.69) is 11.2 Å². The number of benzene rings is 1. The van der Waals surface area contributed by atoms with Gasteiger partial charge in [0, 0.05) is 43.7 Å². The van der Waals surface area contributed by atoms with Crippen LogP contribution in [0.4, 0.5) is 5.69 Å². The second kappa shape index (κ2) is 5.57. The van der Waals surface area contributed by atoms with Crippen molar-refractivity contribution < 1.29 is 4.79 Å². The van der Waals surface area contributed by atoms with Gasteiger partial charge in [0.05, 0.1) is 17.8 Å². The minimum Gasteiger partial charge on any atom is -0.370 e. The van der Waals surface area contributed by atoms with Crippen LogP contribution >= 0.6 is 0 Å². The van der Waals surface area contributed by atoms with Crippen LogP contribution < -0.4 is 4.90 Å². The number of hydrogen-bond acceptors (Lipinski definition) is 4. The normalized spacial score (nSPS) is 10.1. The van der Waals surface area contributed by atoms with Crippen molar-refractivity contribution in [2.75, 3.05) is 11.9 Å². The SMILES string of the molecule is CC(=O)c1ccc(C#N)cc1N(C)Cc1cnn(C)c1. The molecule has 20 heavy (non-hydrogen) atoms. The highest BCUT2D eigenvalue weighted by Crippen LogP contribution is 2.23. The smallest absolute Gasteiger partial charge is 0.161 e. The number of anilines is 1. The molecule has 0 spiro atoms. The maximum absolute atomic E-state index is 11.7. The Hall–Kier alpha value is -2.61. The minimum atomic E-state index is -0.0115. The molecule has 0 amide bonds. The van der Waals surface area contributed by atoms with Crippen molar-refractivity contribution >= 4 is 11.5 Å². The molecule has 0 aliphatic carbocycles. The van der Waals surface area contributed by atoms with Crippen molar-refractivity contribution in [2.45, 2.75) is 13.5 Å². The third kappa shape index (κ3) is 2.86. The van der Waals surface area contributed by atoms with Gasteiger partial charge < -0.3 is 4.90 Å². The molecule has 0 aliphatic heterocycles. The zero-order valence-corrected chi connectivity index (χ0v) is 11.8. The average Bonchev–Trinajstić information content (AvgIpc) is 2.83. The average molecular weight is 268 g/mol. The van der Waals surface area contributed by atoms with Gasteiger partial charge in [-0.2, -0.15) is 10.4 Å². The Kier molecular flexibility index (Phi) is 3.85. The molecule has 0 fully saturated rings. The first-order valence-electron chi connectivity index (χ1n) is 6.25. The molecule has 5 heteroatoms. The zero-order chi connectivity index (χ0) is 14.7. The quantitative estimate of drug-likeness (QED) is 0.797. The summed E-state index contributed by atoms with van der Waals surface area (Å²) in [6, 6.07) is 7.21. The molecule has 0 unspecified atom stereocenters. The van der Waals surface area contributed by atoms with Crippen LogP contribution in [0, 0.1) is 11.3 Å². The molecule has 0 bridgehead atoms. The monoisotopic (exact) mass is 268 g/mol. The van der Waals surface area contributed by atoms with Gasteiger partial charge in [-0.3, -0.25) is 9.48 Å².